The normalized spacial score (nSPS) is 37.0. The van der Waals surface area contributed by atoms with Crippen molar-refractivity contribution in [2.24, 2.45) is 23.2 Å². The Morgan fingerprint density at radius 3 is 2.67 bits per heavy atom. The molecule has 3 aliphatic rings. The number of fused-ring (bicyclic) bond motifs is 1. The zero-order chi connectivity index (χ0) is 22.1. The summed E-state index contributed by atoms with van der Waals surface area (Å²) in [6.45, 7) is 15.0. The van der Waals surface area contributed by atoms with Gasteiger partial charge in [-0.25, -0.2) is 0 Å². The lowest BCUT2D eigenvalue weighted by atomic mass is 9.61. The summed E-state index contributed by atoms with van der Waals surface area (Å²) < 4.78 is 0. The van der Waals surface area contributed by atoms with Crippen molar-refractivity contribution in [1.29, 1.82) is 0 Å². The van der Waals surface area contributed by atoms with E-state index < -0.39 is 5.60 Å². The molecule has 168 valence electrons. The average molecular weight is 413 g/mol. The van der Waals surface area contributed by atoms with E-state index in [1.807, 2.05) is 13.8 Å². The van der Waals surface area contributed by atoms with Crippen LogP contribution in [-0.4, -0.2) is 21.9 Å². The Hall–Kier alpha value is -1.12. The van der Waals surface area contributed by atoms with Crippen LogP contribution in [-0.2, 0) is 0 Å². The first-order valence-electron chi connectivity index (χ1n) is 12.2. The van der Waals surface area contributed by atoms with Crippen LogP contribution in [0.3, 0.4) is 0 Å². The molecule has 3 fully saturated rings. The molecule has 0 bridgehead atoms. The lowest BCUT2D eigenvalue weighted by molar-refractivity contribution is 0.0972. The van der Waals surface area contributed by atoms with E-state index in [-0.39, 0.29) is 6.10 Å². The standard InChI is InChI=1S/C28H44O2/c1-19-10-14-24(29)18-23(19)13-12-22-8-7-17-28(6)25(15-16-26(22)28)20(2)9-11-21(3)27(4,5)30/h11-13,20,24-26,29-30H,1,7-10,14-18H2,2-6H3/b21-11+,22-12+,23-13+/t20-,24+,25-,26+,28-/m1/s1. The number of aliphatic hydroxyl groups is 2. The Bertz CT molecular complexity index is 732. The number of allylic oxidation sites excluding steroid dienone is 5. The van der Waals surface area contributed by atoms with Crippen LogP contribution >= 0.6 is 0 Å². The molecule has 0 unspecified atom stereocenters. The van der Waals surface area contributed by atoms with Gasteiger partial charge in [-0.15, -0.1) is 0 Å². The van der Waals surface area contributed by atoms with E-state index >= 15 is 0 Å². The molecule has 0 aromatic carbocycles. The van der Waals surface area contributed by atoms with Crippen LogP contribution in [0.25, 0.3) is 0 Å². The molecular weight excluding hydrogens is 368 g/mol. The van der Waals surface area contributed by atoms with Crippen LogP contribution < -0.4 is 0 Å². The van der Waals surface area contributed by atoms with E-state index in [1.54, 1.807) is 5.57 Å². The zero-order valence-corrected chi connectivity index (χ0v) is 20.0. The molecule has 0 radical (unpaired) electrons. The summed E-state index contributed by atoms with van der Waals surface area (Å²) in [6, 6.07) is 0. The SMILES string of the molecule is C=C1CC[C@H](O)C/C1=C\C=C1/CCC[C@]2(C)[C@@H]([C@H](C)C/C=C(\C)C(C)(C)O)CC[C@@H]12. The Morgan fingerprint density at radius 2 is 1.97 bits per heavy atom. The largest absolute Gasteiger partial charge is 0.393 e. The van der Waals surface area contributed by atoms with Gasteiger partial charge in [0, 0.05) is 0 Å². The predicted octanol–water partition coefficient (Wildman–Crippen LogP) is 6.90. The average Bonchev–Trinajstić information content (AvgIpc) is 3.03. The smallest absolute Gasteiger partial charge is 0.0798 e. The van der Waals surface area contributed by atoms with Crippen LogP contribution in [0.4, 0.5) is 0 Å². The molecule has 0 amide bonds. The molecule has 3 saturated carbocycles. The van der Waals surface area contributed by atoms with Gasteiger partial charge >= 0.3 is 0 Å². The lowest BCUT2D eigenvalue weighted by Gasteiger charge is -2.44. The number of aliphatic hydroxyl groups excluding tert-OH is 1. The first kappa shape index (κ1) is 23.5. The van der Waals surface area contributed by atoms with Gasteiger partial charge in [0.1, 0.15) is 0 Å². The fourth-order valence-corrected chi connectivity index (χ4v) is 6.39. The molecule has 30 heavy (non-hydrogen) atoms. The predicted molar refractivity (Wildman–Crippen MR) is 127 cm³/mol. The Kier molecular flexibility index (Phi) is 7.19. The van der Waals surface area contributed by atoms with E-state index in [9.17, 15) is 10.2 Å². The molecule has 0 aromatic rings. The highest BCUT2D eigenvalue weighted by Crippen LogP contribution is 2.59. The van der Waals surface area contributed by atoms with Crippen molar-refractivity contribution in [3.8, 4) is 0 Å². The van der Waals surface area contributed by atoms with E-state index in [0.29, 0.717) is 17.3 Å². The monoisotopic (exact) mass is 412 g/mol. The number of hydrogen-bond acceptors (Lipinski definition) is 2. The van der Waals surface area contributed by atoms with Gasteiger partial charge in [-0.2, -0.15) is 0 Å². The summed E-state index contributed by atoms with van der Waals surface area (Å²) in [6.07, 6.45) is 16.8. The maximum Gasteiger partial charge on any atom is 0.0798 e. The third-order valence-electron chi connectivity index (χ3n) is 8.67. The number of hydrogen-bond donors (Lipinski definition) is 2. The van der Waals surface area contributed by atoms with E-state index in [0.717, 1.165) is 37.2 Å². The Balaban J connectivity index is 1.74. The van der Waals surface area contributed by atoms with Crippen molar-refractivity contribution in [1.82, 2.24) is 0 Å². The van der Waals surface area contributed by atoms with Gasteiger partial charge in [-0.1, -0.05) is 49.8 Å². The summed E-state index contributed by atoms with van der Waals surface area (Å²) in [5.74, 6) is 2.08. The number of rotatable bonds is 5. The molecule has 3 aliphatic carbocycles. The van der Waals surface area contributed by atoms with Crippen LogP contribution in [0.1, 0.15) is 92.4 Å². The minimum Gasteiger partial charge on any atom is -0.393 e. The minimum absolute atomic E-state index is 0.200. The summed E-state index contributed by atoms with van der Waals surface area (Å²) in [4.78, 5) is 0. The molecular formula is C28H44O2. The molecule has 0 aliphatic heterocycles. The van der Waals surface area contributed by atoms with Crippen molar-refractivity contribution in [3.63, 3.8) is 0 Å². The van der Waals surface area contributed by atoms with Gasteiger partial charge in [-0.05, 0) is 113 Å². The molecule has 2 nitrogen and oxygen atoms in total. The second-order valence-electron chi connectivity index (χ2n) is 11.2. The second-order valence-corrected chi connectivity index (χ2v) is 11.2. The van der Waals surface area contributed by atoms with Gasteiger partial charge in [0.2, 0.25) is 0 Å². The third-order valence-corrected chi connectivity index (χ3v) is 8.67. The van der Waals surface area contributed by atoms with Gasteiger partial charge < -0.3 is 10.2 Å². The van der Waals surface area contributed by atoms with Crippen LogP contribution in [0, 0.1) is 23.2 Å². The quantitative estimate of drug-likeness (QED) is 0.482. The first-order valence-corrected chi connectivity index (χ1v) is 12.2. The molecule has 3 rings (SSSR count). The maximum absolute atomic E-state index is 10.2. The zero-order valence-electron chi connectivity index (χ0n) is 20.0. The van der Waals surface area contributed by atoms with Crippen LogP contribution in [0.2, 0.25) is 0 Å². The highest BCUT2D eigenvalue weighted by Gasteiger charge is 2.50. The third kappa shape index (κ3) is 5.02. The van der Waals surface area contributed by atoms with Crippen molar-refractivity contribution in [2.75, 3.05) is 0 Å². The topological polar surface area (TPSA) is 40.5 Å². The molecule has 0 saturated heterocycles. The minimum atomic E-state index is -0.715. The van der Waals surface area contributed by atoms with E-state index in [2.05, 4.69) is 45.6 Å². The fraction of sp³-hybridized carbons (Fsp3) is 0.714. The second kappa shape index (κ2) is 9.17. The summed E-state index contributed by atoms with van der Waals surface area (Å²) in [5.41, 5.74) is 4.85. The van der Waals surface area contributed by atoms with E-state index in [1.165, 1.54) is 43.3 Å². The van der Waals surface area contributed by atoms with Gasteiger partial charge in [0.15, 0.2) is 0 Å². The molecule has 2 N–H and O–H groups in total. The first-order chi connectivity index (χ1) is 14.0. The van der Waals surface area contributed by atoms with Crippen molar-refractivity contribution in [2.45, 2.75) is 104 Å². The molecule has 0 aromatic heterocycles. The summed E-state index contributed by atoms with van der Waals surface area (Å²) in [5, 5.41) is 20.3. The van der Waals surface area contributed by atoms with Crippen LogP contribution in [0.5, 0.6) is 0 Å². The molecule has 0 heterocycles. The Labute approximate surface area is 184 Å². The summed E-state index contributed by atoms with van der Waals surface area (Å²) >= 11 is 0. The van der Waals surface area contributed by atoms with E-state index in [4.69, 9.17) is 0 Å². The fourth-order valence-electron chi connectivity index (χ4n) is 6.39. The molecule has 2 heteroatoms. The van der Waals surface area contributed by atoms with Crippen molar-refractivity contribution < 1.29 is 10.2 Å². The van der Waals surface area contributed by atoms with Gasteiger partial charge in [0.05, 0.1) is 11.7 Å². The van der Waals surface area contributed by atoms with Gasteiger partial charge in [0.25, 0.3) is 0 Å². The molecule has 5 atom stereocenters. The summed E-state index contributed by atoms with van der Waals surface area (Å²) in [7, 11) is 0. The maximum atomic E-state index is 10.2. The van der Waals surface area contributed by atoms with Crippen LogP contribution in [0.15, 0.2) is 47.1 Å². The highest BCUT2D eigenvalue weighted by molar-refractivity contribution is 5.36. The van der Waals surface area contributed by atoms with Crippen molar-refractivity contribution >= 4 is 0 Å². The van der Waals surface area contributed by atoms with Gasteiger partial charge in [-0.3, -0.25) is 0 Å². The highest BCUT2D eigenvalue weighted by atomic mass is 16.3. The Morgan fingerprint density at radius 1 is 1.23 bits per heavy atom. The van der Waals surface area contributed by atoms with Crippen molar-refractivity contribution in [3.05, 3.63) is 47.1 Å². The lowest BCUT2D eigenvalue weighted by Crippen LogP contribution is -2.36. The molecule has 0 spiro atoms.